The molecule has 4 nitrogen and oxygen atoms in total. The molecule has 0 saturated carbocycles. The highest BCUT2D eigenvalue weighted by Crippen LogP contribution is 2.35. The maximum atomic E-state index is 12.8. The summed E-state index contributed by atoms with van der Waals surface area (Å²) in [6, 6.07) is 16.7. The van der Waals surface area contributed by atoms with E-state index in [0.29, 0.717) is 13.1 Å². The smallest absolute Gasteiger partial charge is 0.237 e. The summed E-state index contributed by atoms with van der Waals surface area (Å²) in [7, 11) is 0. The van der Waals surface area contributed by atoms with Crippen LogP contribution in [0.15, 0.2) is 48.5 Å². The van der Waals surface area contributed by atoms with Gasteiger partial charge in [0.25, 0.3) is 0 Å². The molecule has 0 radical (unpaired) electrons. The van der Waals surface area contributed by atoms with Crippen LogP contribution in [0.5, 0.6) is 0 Å². The Morgan fingerprint density at radius 2 is 2.04 bits per heavy atom. The van der Waals surface area contributed by atoms with Crippen LogP contribution < -0.4 is 5.32 Å². The molecule has 132 valence electrons. The first-order valence-corrected chi connectivity index (χ1v) is 8.89. The van der Waals surface area contributed by atoms with Crippen LogP contribution in [-0.4, -0.2) is 41.7 Å². The summed E-state index contributed by atoms with van der Waals surface area (Å²) in [5.74, 6) is 0.0701. The van der Waals surface area contributed by atoms with Crippen LogP contribution in [0.1, 0.15) is 35.2 Å². The normalized spacial score (nSPS) is 17.9. The van der Waals surface area contributed by atoms with Crippen LogP contribution in [0.25, 0.3) is 0 Å². The molecule has 3 rings (SSSR count). The lowest BCUT2D eigenvalue weighted by atomic mass is 9.87. The summed E-state index contributed by atoms with van der Waals surface area (Å²) >= 11 is 0. The Morgan fingerprint density at radius 1 is 1.28 bits per heavy atom. The molecule has 4 heteroatoms. The van der Waals surface area contributed by atoms with Gasteiger partial charge in [0.15, 0.2) is 0 Å². The van der Waals surface area contributed by atoms with E-state index in [2.05, 4.69) is 42.6 Å². The van der Waals surface area contributed by atoms with Gasteiger partial charge in [0.1, 0.15) is 0 Å². The largest absolute Gasteiger partial charge is 0.392 e. The summed E-state index contributed by atoms with van der Waals surface area (Å²) in [5.41, 5.74) is 4.93. The minimum atomic E-state index is -0.456. The maximum Gasteiger partial charge on any atom is 0.237 e. The minimum absolute atomic E-state index is 0.0496. The van der Waals surface area contributed by atoms with Gasteiger partial charge in [-0.2, -0.15) is 0 Å². The summed E-state index contributed by atoms with van der Waals surface area (Å²) in [5, 5.41) is 12.4. The van der Waals surface area contributed by atoms with Crippen molar-refractivity contribution in [3.8, 4) is 0 Å². The Kier molecular flexibility index (Phi) is 5.51. The first-order valence-electron chi connectivity index (χ1n) is 8.89. The lowest BCUT2D eigenvalue weighted by molar-refractivity contribution is -0.132. The number of nitrogens with zero attached hydrogens (tertiary/aromatic N) is 1. The fraction of sp³-hybridized carbons (Fsp3) is 0.381. The molecule has 0 bridgehead atoms. The van der Waals surface area contributed by atoms with E-state index < -0.39 is 6.10 Å². The Hall–Kier alpha value is -2.17. The average molecular weight is 338 g/mol. The number of nitrogens with one attached hydrogen (secondary N) is 1. The SMILES string of the molecule is Cc1ccc2c(c1)CCN(C(=O)CNC[C@@H](C)O)C2c1ccccc1. The lowest BCUT2D eigenvalue weighted by Crippen LogP contribution is -2.45. The third-order valence-electron chi connectivity index (χ3n) is 4.68. The molecular formula is C21H26N2O2. The zero-order valence-corrected chi connectivity index (χ0v) is 14.9. The Bertz CT molecular complexity index is 728. The van der Waals surface area contributed by atoms with Crippen LogP contribution in [-0.2, 0) is 11.2 Å². The third-order valence-corrected chi connectivity index (χ3v) is 4.68. The molecule has 1 amide bonds. The number of benzene rings is 2. The number of carbonyl (C=O) groups is 1. The molecule has 1 aliphatic heterocycles. The van der Waals surface area contributed by atoms with E-state index in [-0.39, 0.29) is 18.5 Å². The van der Waals surface area contributed by atoms with Crippen LogP contribution in [0, 0.1) is 6.92 Å². The predicted molar refractivity (Wildman–Crippen MR) is 99.4 cm³/mol. The molecule has 25 heavy (non-hydrogen) atoms. The average Bonchev–Trinajstić information content (AvgIpc) is 2.60. The van der Waals surface area contributed by atoms with Gasteiger partial charge in [0, 0.05) is 13.1 Å². The number of hydrogen-bond donors (Lipinski definition) is 2. The van der Waals surface area contributed by atoms with Gasteiger partial charge >= 0.3 is 0 Å². The molecule has 0 saturated heterocycles. The summed E-state index contributed by atoms with van der Waals surface area (Å²) in [4.78, 5) is 14.8. The highest BCUT2D eigenvalue weighted by molar-refractivity contribution is 5.79. The van der Waals surface area contributed by atoms with Crippen molar-refractivity contribution in [2.45, 2.75) is 32.4 Å². The second kappa shape index (κ2) is 7.81. The molecule has 2 aromatic carbocycles. The standard InChI is InChI=1S/C21H26N2O2/c1-15-8-9-19-18(12-15)10-11-23(20(25)14-22-13-16(2)24)21(19)17-6-4-3-5-7-17/h3-9,12,16,21-22,24H,10-11,13-14H2,1-2H3/t16-,21?/m1/s1. The van der Waals surface area contributed by atoms with Gasteiger partial charge in [0.05, 0.1) is 18.7 Å². The molecule has 1 aliphatic rings. The fourth-order valence-electron chi connectivity index (χ4n) is 3.51. The molecule has 1 unspecified atom stereocenters. The number of carbonyl (C=O) groups excluding carboxylic acids is 1. The van der Waals surface area contributed by atoms with Crippen molar-refractivity contribution in [2.24, 2.45) is 0 Å². The van der Waals surface area contributed by atoms with Crippen LogP contribution in [0.3, 0.4) is 0 Å². The van der Waals surface area contributed by atoms with Crippen molar-refractivity contribution < 1.29 is 9.90 Å². The molecule has 2 atom stereocenters. The number of hydrogen-bond acceptors (Lipinski definition) is 3. The van der Waals surface area contributed by atoms with Crippen LogP contribution in [0.4, 0.5) is 0 Å². The number of aliphatic hydroxyl groups excluding tert-OH is 1. The van der Waals surface area contributed by atoms with Crippen molar-refractivity contribution in [3.05, 3.63) is 70.8 Å². The highest BCUT2D eigenvalue weighted by Gasteiger charge is 2.31. The summed E-state index contributed by atoms with van der Waals surface area (Å²) in [6.07, 6.45) is 0.422. The van der Waals surface area contributed by atoms with Gasteiger partial charge in [-0.15, -0.1) is 0 Å². The van der Waals surface area contributed by atoms with Gasteiger partial charge in [-0.05, 0) is 37.0 Å². The lowest BCUT2D eigenvalue weighted by Gasteiger charge is -2.38. The van der Waals surface area contributed by atoms with Crippen molar-refractivity contribution >= 4 is 5.91 Å². The molecule has 0 spiro atoms. The van der Waals surface area contributed by atoms with Crippen molar-refractivity contribution in [1.82, 2.24) is 10.2 Å². The topological polar surface area (TPSA) is 52.6 Å². The van der Waals surface area contributed by atoms with E-state index in [1.165, 1.54) is 16.7 Å². The highest BCUT2D eigenvalue weighted by atomic mass is 16.3. The third kappa shape index (κ3) is 4.09. The second-order valence-electron chi connectivity index (χ2n) is 6.83. The van der Waals surface area contributed by atoms with Crippen molar-refractivity contribution in [2.75, 3.05) is 19.6 Å². The number of aliphatic hydroxyl groups is 1. The molecule has 0 fully saturated rings. The predicted octanol–water partition coefficient (Wildman–Crippen LogP) is 2.44. The molecular weight excluding hydrogens is 312 g/mol. The molecule has 0 aromatic heterocycles. The van der Waals surface area contributed by atoms with Crippen molar-refractivity contribution in [1.29, 1.82) is 0 Å². The zero-order valence-electron chi connectivity index (χ0n) is 14.9. The van der Waals surface area contributed by atoms with E-state index in [0.717, 1.165) is 12.0 Å². The van der Waals surface area contributed by atoms with Gasteiger partial charge in [-0.3, -0.25) is 4.79 Å². The van der Waals surface area contributed by atoms with Gasteiger partial charge < -0.3 is 15.3 Å². The summed E-state index contributed by atoms with van der Waals surface area (Å²) in [6.45, 7) is 5.20. The molecule has 1 heterocycles. The molecule has 2 aromatic rings. The first-order chi connectivity index (χ1) is 12.1. The summed E-state index contributed by atoms with van der Waals surface area (Å²) < 4.78 is 0. The zero-order chi connectivity index (χ0) is 17.8. The second-order valence-corrected chi connectivity index (χ2v) is 6.83. The monoisotopic (exact) mass is 338 g/mol. The Balaban J connectivity index is 1.89. The van der Waals surface area contributed by atoms with Gasteiger partial charge in [0.2, 0.25) is 5.91 Å². The van der Waals surface area contributed by atoms with Crippen molar-refractivity contribution in [3.63, 3.8) is 0 Å². The van der Waals surface area contributed by atoms with E-state index >= 15 is 0 Å². The molecule has 2 N–H and O–H groups in total. The number of fused-ring (bicyclic) bond motifs is 1. The Morgan fingerprint density at radius 3 is 2.76 bits per heavy atom. The number of rotatable bonds is 5. The van der Waals surface area contributed by atoms with Crippen LogP contribution in [0.2, 0.25) is 0 Å². The minimum Gasteiger partial charge on any atom is -0.392 e. The van der Waals surface area contributed by atoms with Gasteiger partial charge in [-0.1, -0.05) is 54.1 Å². The van der Waals surface area contributed by atoms with Crippen LogP contribution >= 0.6 is 0 Å². The fourth-order valence-corrected chi connectivity index (χ4v) is 3.51. The van der Waals surface area contributed by atoms with Gasteiger partial charge in [-0.25, -0.2) is 0 Å². The first kappa shape index (κ1) is 17.6. The quantitative estimate of drug-likeness (QED) is 0.880. The van der Waals surface area contributed by atoms with E-state index in [4.69, 9.17) is 0 Å². The van der Waals surface area contributed by atoms with E-state index in [9.17, 15) is 9.90 Å². The maximum absolute atomic E-state index is 12.8. The molecule has 0 aliphatic carbocycles. The van der Waals surface area contributed by atoms with E-state index in [1.807, 2.05) is 23.1 Å². The van der Waals surface area contributed by atoms with E-state index in [1.54, 1.807) is 6.92 Å². The number of aryl methyl sites for hydroxylation is 1. The Labute approximate surface area is 149 Å². The number of amides is 1.